The van der Waals surface area contributed by atoms with Crippen LogP contribution in [0.2, 0.25) is 0 Å². The van der Waals surface area contributed by atoms with E-state index in [-0.39, 0.29) is 10.8 Å². The monoisotopic (exact) mass is 807 g/mol. The zero-order valence-electron chi connectivity index (χ0n) is 35.9. The van der Waals surface area contributed by atoms with Crippen LogP contribution in [0, 0.1) is 0 Å². The van der Waals surface area contributed by atoms with E-state index in [1.54, 1.807) is 0 Å². The second-order valence-electron chi connectivity index (χ2n) is 18.8. The van der Waals surface area contributed by atoms with Gasteiger partial charge in [-0.3, -0.25) is 0 Å². The zero-order chi connectivity index (χ0) is 42.2. The van der Waals surface area contributed by atoms with E-state index in [4.69, 9.17) is 4.74 Å². The average molecular weight is 808 g/mol. The van der Waals surface area contributed by atoms with Crippen molar-refractivity contribution in [2.24, 2.45) is 0 Å². The van der Waals surface area contributed by atoms with Gasteiger partial charge in [0.25, 0.3) is 0 Å². The second-order valence-corrected chi connectivity index (χ2v) is 18.8. The summed E-state index contributed by atoms with van der Waals surface area (Å²) in [6.07, 6.45) is 0. The first kappa shape index (κ1) is 36.3. The van der Waals surface area contributed by atoms with Gasteiger partial charge in [0.2, 0.25) is 0 Å². The minimum atomic E-state index is -0.707. The van der Waals surface area contributed by atoms with E-state index in [0.717, 1.165) is 39.7 Å². The Bertz CT molecular complexity index is 3230. The Morgan fingerprint density at radius 1 is 0.286 bits per heavy atom. The van der Waals surface area contributed by atoms with Crippen LogP contribution >= 0.6 is 0 Å². The highest BCUT2D eigenvalue weighted by Crippen LogP contribution is 2.62. The van der Waals surface area contributed by atoms with Crippen molar-refractivity contribution in [3.63, 3.8) is 0 Å². The minimum Gasteiger partial charge on any atom is -0.457 e. The van der Waals surface area contributed by atoms with E-state index in [0.29, 0.717) is 0 Å². The van der Waals surface area contributed by atoms with Crippen molar-refractivity contribution in [1.82, 2.24) is 0 Å². The van der Waals surface area contributed by atoms with Crippen LogP contribution in [0.15, 0.2) is 200 Å². The third-order valence-electron chi connectivity index (χ3n) is 15.0. The number of hydrogen-bond acceptors (Lipinski definition) is 2. The first-order valence-corrected chi connectivity index (χ1v) is 22.3. The number of fused-ring (bicyclic) bond motifs is 17. The highest BCUT2D eigenvalue weighted by atomic mass is 16.5. The van der Waals surface area contributed by atoms with E-state index in [2.05, 4.69) is 233 Å². The van der Waals surface area contributed by atoms with Crippen LogP contribution in [0.3, 0.4) is 0 Å². The third kappa shape index (κ3) is 4.79. The number of hydrogen-bond donors (Lipinski definition) is 0. The lowest BCUT2D eigenvalue weighted by atomic mass is 9.62. The molecule has 1 heterocycles. The van der Waals surface area contributed by atoms with Gasteiger partial charge in [-0.2, -0.15) is 0 Å². The van der Waals surface area contributed by atoms with Crippen molar-refractivity contribution >= 4 is 17.1 Å². The van der Waals surface area contributed by atoms with Crippen LogP contribution in [-0.4, -0.2) is 0 Å². The molecule has 0 saturated heterocycles. The number of para-hydroxylation sites is 1. The van der Waals surface area contributed by atoms with Crippen molar-refractivity contribution in [3.8, 4) is 56.0 Å². The van der Waals surface area contributed by atoms with Crippen molar-refractivity contribution in [1.29, 1.82) is 0 Å². The molecule has 3 aliphatic carbocycles. The van der Waals surface area contributed by atoms with Gasteiger partial charge in [0.15, 0.2) is 0 Å². The van der Waals surface area contributed by atoms with Crippen LogP contribution in [0.25, 0.3) is 44.5 Å². The maximum atomic E-state index is 7.03. The summed E-state index contributed by atoms with van der Waals surface area (Å²) in [5.41, 5.74) is 22.7. The second kappa shape index (κ2) is 12.8. The Morgan fingerprint density at radius 2 is 0.619 bits per heavy atom. The van der Waals surface area contributed by atoms with Gasteiger partial charge >= 0.3 is 0 Å². The van der Waals surface area contributed by atoms with Gasteiger partial charge in [-0.05, 0) is 126 Å². The van der Waals surface area contributed by atoms with Crippen LogP contribution in [0.4, 0.5) is 17.1 Å². The minimum absolute atomic E-state index is 0.157. The largest absolute Gasteiger partial charge is 0.457 e. The quantitative estimate of drug-likeness (QED) is 0.176. The Morgan fingerprint density at radius 3 is 1.11 bits per heavy atom. The molecule has 0 saturated carbocycles. The number of nitrogens with zero attached hydrogens (tertiary/aromatic N) is 1. The predicted molar refractivity (Wildman–Crippen MR) is 259 cm³/mol. The Balaban J connectivity index is 1.10. The van der Waals surface area contributed by atoms with Crippen molar-refractivity contribution < 1.29 is 4.74 Å². The lowest BCUT2D eigenvalue weighted by molar-refractivity contribution is 0.435. The molecular weight excluding hydrogens is 763 g/mol. The molecule has 0 unspecified atom stereocenters. The lowest BCUT2D eigenvalue weighted by Crippen LogP contribution is -2.35. The van der Waals surface area contributed by atoms with Crippen molar-refractivity contribution in [2.75, 3.05) is 4.90 Å². The highest BCUT2D eigenvalue weighted by Gasteiger charge is 2.49. The number of benzene rings is 9. The maximum absolute atomic E-state index is 7.03. The predicted octanol–water partition coefficient (Wildman–Crippen LogP) is 15.9. The Hall–Kier alpha value is -7.42. The van der Waals surface area contributed by atoms with Gasteiger partial charge in [0.05, 0.1) is 5.41 Å². The Kier molecular flexibility index (Phi) is 7.37. The van der Waals surface area contributed by atoms with Crippen LogP contribution < -0.4 is 9.64 Å². The first-order chi connectivity index (χ1) is 30.8. The molecule has 0 fully saturated rings. The van der Waals surface area contributed by atoms with E-state index in [1.165, 1.54) is 77.9 Å². The summed E-state index contributed by atoms with van der Waals surface area (Å²) in [7, 11) is 0. The molecule has 0 N–H and O–H groups in total. The summed E-state index contributed by atoms with van der Waals surface area (Å²) in [6.45, 7) is 9.49. The molecule has 1 spiro atoms. The summed E-state index contributed by atoms with van der Waals surface area (Å²) in [5.74, 6) is 1.75. The van der Waals surface area contributed by atoms with Gasteiger partial charge in [-0.25, -0.2) is 0 Å². The van der Waals surface area contributed by atoms with E-state index in [1.807, 2.05) is 0 Å². The molecule has 63 heavy (non-hydrogen) atoms. The van der Waals surface area contributed by atoms with Crippen LogP contribution in [0.1, 0.15) is 72.2 Å². The van der Waals surface area contributed by atoms with Crippen LogP contribution in [0.5, 0.6) is 11.5 Å². The average Bonchev–Trinajstić information content (AvgIpc) is 3.65. The molecule has 2 nitrogen and oxygen atoms in total. The molecule has 0 radical (unpaired) electrons. The molecule has 0 bridgehead atoms. The van der Waals surface area contributed by atoms with Crippen molar-refractivity contribution in [2.45, 2.75) is 43.9 Å². The number of anilines is 3. The molecule has 0 aromatic heterocycles. The van der Waals surface area contributed by atoms with Gasteiger partial charge in [-0.15, -0.1) is 0 Å². The normalized spacial score (nSPS) is 15.5. The molecule has 4 aliphatic rings. The Labute approximate surface area is 369 Å². The topological polar surface area (TPSA) is 12.5 Å². The smallest absolute Gasteiger partial charge is 0.132 e. The van der Waals surface area contributed by atoms with Gasteiger partial charge < -0.3 is 9.64 Å². The molecular formula is C61H45NO. The lowest BCUT2D eigenvalue weighted by Gasteiger charge is -2.43. The molecule has 0 amide bonds. The third-order valence-corrected chi connectivity index (χ3v) is 15.0. The van der Waals surface area contributed by atoms with E-state index in [9.17, 15) is 0 Å². The van der Waals surface area contributed by atoms with Gasteiger partial charge in [0, 0.05) is 39.0 Å². The van der Waals surface area contributed by atoms with Gasteiger partial charge in [-0.1, -0.05) is 179 Å². The van der Waals surface area contributed by atoms with E-state index < -0.39 is 5.41 Å². The fourth-order valence-corrected chi connectivity index (χ4v) is 12.0. The standard InChI is InChI=1S/C61H45NO/c1-59(2)49-23-11-7-21-45(49)47-32-29-38(35-54(47)59)62(39-30-33-48-46-22-8-12-24-50(46)60(3,4)55(48)36-39)40-31-34-58-56(37-40)61(53-27-15-16-28-57(53)63-58)51-25-13-9-19-43(51)41-17-5-6-18-42(41)44-20-10-14-26-52(44)61/h5-37H,1-4H3. The maximum Gasteiger partial charge on any atom is 0.132 e. The highest BCUT2D eigenvalue weighted by molar-refractivity contribution is 5.95. The molecule has 2 heteroatoms. The molecule has 9 aromatic rings. The molecule has 13 rings (SSSR count). The SMILES string of the molecule is CC1(C)c2ccccc2-c2ccc(N(c3ccc4c(c3)C(C)(C)c3ccccc3-4)c3ccc4c(c3)C3(c5ccccc5O4)c4ccccc4-c4ccccc4-c4ccccc43)cc21. The summed E-state index contributed by atoms with van der Waals surface area (Å²) in [5, 5.41) is 0. The summed E-state index contributed by atoms with van der Waals surface area (Å²) >= 11 is 0. The zero-order valence-corrected chi connectivity index (χ0v) is 35.9. The number of ether oxygens (including phenoxy) is 1. The molecule has 9 aromatic carbocycles. The van der Waals surface area contributed by atoms with Crippen molar-refractivity contribution in [3.05, 3.63) is 245 Å². The van der Waals surface area contributed by atoms with Crippen LogP contribution in [-0.2, 0) is 16.2 Å². The fourth-order valence-electron chi connectivity index (χ4n) is 12.0. The molecule has 1 aliphatic heterocycles. The molecule has 0 atom stereocenters. The number of rotatable bonds is 3. The summed E-state index contributed by atoms with van der Waals surface area (Å²) in [4.78, 5) is 2.50. The van der Waals surface area contributed by atoms with E-state index >= 15 is 0 Å². The fraction of sp³-hybridized carbons (Fsp3) is 0.115. The first-order valence-electron chi connectivity index (χ1n) is 22.3. The molecule has 300 valence electrons. The summed E-state index contributed by atoms with van der Waals surface area (Å²) in [6, 6.07) is 74.8. The summed E-state index contributed by atoms with van der Waals surface area (Å²) < 4.78 is 7.03. The van der Waals surface area contributed by atoms with Gasteiger partial charge in [0.1, 0.15) is 11.5 Å².